The van der Waals surface area contributed by atoms with Crippen molar-refractivity contribution >= 4 is 10.0 Å². The topological polar surface area (TPSA) is 49.4 Å². The van der Waals surface area contributed by atoms with Gasteiger partial charge in [-0.2, -0.15) is 4.31 Å². The second kappa shape index (κ2) is 9.18. The number of nitrogens with zero attached hydrogens (tertiary/aromatic N) is 1. The van der Waals surface area contributed by atoms with Crippen molar-refractivity contribution in [2.45, 2.75) is 44.9 Å². The summed E-state index contributed by atoms with van der Waals surface area (Å²) >= 11 is 0. The summed E-state index contributed by atoms with van der Waals surface area (Å²) in [6.07, 6.45) is 2.88. The molecule has 1 N–H and O–H groups in total. The second-order valence-corrected chi connectivity index (χ2v) is 7.08. The molecule has 0 aliphatic carbocycles. The third-order valence-corrected chi connectivity index (χ3v) is 5.39. The Labute approximate surface area is 129 Å². The lowest BCUT2D eigenvalue weighted by Gasteiger charge is -2.19. The Morgan fingerprint density at radius 1 is 1.00 bits per heavy atom. The Morgan fingerprint density at radius 2 is 1.67 bits per heavy atom. The molecule has 0 saturated heterocycles. The summed E-state index contributed by atoms with van der Waals surface area (Å²) < 4.78 is 26.5. The molecule has 0 amide bonds. The summed E-state index contributed by atoms with van der Waals surface area (Å²) in [4.78, 5) is 0.392. The van der Waals surface area contributed by atoms with E-state index in [2.05, 4.69) is 12.2 Å². The molecule has 4 nitrogen and oxygen atoms in total. The number of benzene rings is 1. The van der Waals surface area contributed by atoms with Crippen LogP contribution in [0.2, 0.25) is 0 Å². The summed E-state index contributed by atoms with van der Waals surface area (Å²) in [7, 11) is -3.34. The lowest BCUT2D eigenvalue weighted by Crippen LogP contribution is -2.31. The summed E-state index contributed by atoms with van der Waals surface area (Å²) in [6.45, 7) is 9.04. The molecule has 0 fully saturated rings. The maximum absolute atomic E-state index is 12.5. The van der Waals surface area contributed by atoms with Crippen LogP contribution in [0.4, 0.5) is 0 Å². The van der Waals surface area contributed by atoms with Crippen LogP contribution in [0.5, 0.6) is 0 Å². The van der Waals surface area contributed by atoms with E-state index in [1.54, 1.807) is 12.1 Å². The third-order valence-electron chi connectivity index (χ3n) is 3.40. The molecule has 0 radical (unpaired) electrons. The smallest absolute Gasteiger partial charge is 0.243 e. The predicted molar refractivity (Wildman–Crippen MR) is 88.0 cm³/mol. The molecule has 0 unspecified atom stereocenters. The summed E-state index contributed by atoms with van der Waals surface area (Å²) in [5.41, 5.74) is 1.16. The Kier molecular flexibility index (Phi) is 7.93. The van der Waals surface area contributed by atoms with Crippen molar-refractivity contribution < 1.29 is 8.42 Å². The van der Waals surface area contributed by atoms with Gasteiger partial charge in [0.25, 0.3) is 0 Å². The molecule has 21 heavy (non-hydrogen) atoms. The van der Waals surface area contributed by atoms with Gasteiger partial charge in [0.15, 0.2) is 0 Å². The monoisotopic (exact) mass is 312 g/mol. The average Bonchev–Trinajstić information content (AvgIpc) is 2.49. The zero-order chi connectivity index (χ0) is 15.7. The molecule has 0 aliphatic heterocycles. The quantitative estimate of drug-likeness (QED) is 0.676. The van der Waals surface area contributed by atoms with Crippen molar-refractivity contribution in [2.24, 2.45) is 0 Å². The van der Waals surface area contributed by atoms with Gasteiger partial charge >= 0.3 is 0 Å². The van der Waals surface area contributed by atoms with Crippen molar-refractivity contribution in [1.82, 2.24) is 9.62 Å². The van der Waals surface area contributed by atoms with E-state index in [1.165, 1.54) is 4.31 Å². The van der Waals surface area contributed by atoms with Gasteiger partial charge in [-0.15, -0.1) is 0 Å². The highest BCUT2D eigenvalue weighted by atomic mass is 32.2. The lowest BCUT2D eigenvalue weighted by molar-refractivity contribution is 0.427. The summed E-state index contributed by atoms with van der Waals surface area (Å²) in [5, 5.41) is 3.35. The zero-order valence-electron chi connectivity index (χ0n) is 13.4. The van der Waals surface area contributed by atoms with Crippen LogP contribution in [0.25, 0.3) is 0 Å². The molecule has 0 spiro atoms. The summed E-state index contributed by atoms with van der Waals surface area (Å²) in [5.74, 6) is 0. The van der Waals surface area contributed by atoms with E-state index < -0.39 is 10.0 Å². The van der Waals surface area contributed by atoms with Crippen LogP contribution in [0.3, 0.4) is 0 Å². The number of hydrogen-bond donors (Lipinski definition) is 1. The van der Waals surface area contributed by atoms with Gasteiger partial charge in [-0.25, -0.2) is 8.42 Å². The Hall–Kier alpha value is -0.910. The maximum atomic E-state index is 12.5. The number of hydrogen-bond acceptors (Lipinski definition) is 3. The fourth-order valence-corrected chi connectivity index (χ4v) is 3.75. The second-order valence-electron chi connectivity index (χ2n) is 5.14. The standard InChI is InChI=1S/C16H28N2O2S/c1-4-12-17-13-11-15-7-9-16(10-8-15)21(19,20)18(6-3)14-5-2/h7-10,17H,4-6,11-14H2,1-3H3. The minimum atomic E-state index is -3.34. The van der Waals surface area contributed by atoms with Gasteiger partial charge in [0.1, 0.15) is 0 Å². The molecule has 0 saturated carbocycles. The van der Waals surface area contributed by atoms with Gasteiger partial charge in [-0.3, -0.25) is 0 Å². The Morgan fingerprint density at radius 3 is 2.19 bits per heavy atom. The van der Waals surface area contributed by atoms with Crippen molar-refractivity contribution in [3.63, 3.8) is 0 Å². The van der Waals surface area contributed by atoms with E-state index in [0.29, 0.717) is 18.0 Å². The molecular formula is C16H28N2O2S. The van der Waals surface area contributed by atoms with Crippen LogP contribution in [-0.2, 0) is 16.4 Å². The molecule has 1 aromatic carbocycles. The highest BCUT2D eigenvalue weighted by Gasteiger charge is 2.21. The van der Waals surface area contributed by atoms with Crippen LogP contribution in [0.1, 0.15) is 39.2 Å². The van der Waals surface area contributed by atoms with E-state index in [4.69, 9.17) is 0 Å². The van der Waals surface area contributed by atoms with Crippen LogP contribution in [0, 0.1) is 0 Å². The first-order valence-corrected chi connectivity index (χ1v) is 9.30. The number of rotatable bonds is 10. The Balaban J connectivity index is 2.72. The van der Waals surface area contributed by atoms with Crippen molar-refractivity contribution in [2.75, 3.05) is 26.2 Å². The first-order chi connectivity index (χ1) is 10.1. The minimum absolute atomic E-state index is 0.392. The van der Waals surface area contributed by atoms with Crippen LogP contribution < -0.4 is 5.32 Å². The molecule has 0 heterocycles. The first kappa shape index (κ1) is 18.1. The van der Waals surface area contributed by atoms with E-state index in [9.17, 15) is 8.42 Å². The minimum Gasteiger partial charge on any atom is -0.316 e. The van der Waals surface area contributed by atoms with Gasteiger partial charge in [0.05, 0.1) is 4.90 Å². The SMILES string of the molecule is CCCNCCc1ccc(S(=O)(=O)N(CC)CCC)cc1. The maximum Gasteiger partial charge on any atom is 0.243 e. The molecule has 5 heteroatoms. The van der Waals surface area contributed by atoms with Gasteiger partial charge in [0, 0.05) is 13.1 Å². The van der Waals surface area contributed by atoms with Crippen molar-refractivity contribution in [3.05, 3.63) is 29.8 Å². The molecular weight excluding hydrogens is 284 g/mol. The van der Waals surface area contributed by atoms with Gasteiger partial charge in [0.2, 0.25) is 10.0 Å². The van der Waals surface area contributed by atoms with Gasteiger partial charge in [-0.05, 0) is 50.0 Å². The molecule has 0 aromatic heterocycles. The fourth-order valence-electron chi connectivity index (χ4n) is 2.21. The molecule has 1 aromatic rings. The number of sulfonamides is 1. The van der Waals surface area contributed by atoms with Gasteiger partial charge < -0.3 is 5.32 Å². The van der Waals surface area contributed by atoms with Crippen molar-refractivity contribution in [3.8, 4) is 0 Å². The fraction of sp³-hybridized carbons (Fsp3) is 0.625. The van der Waals surface area contributed by atoms with Crippen LogP contribution in [0.15, 0.2) is 29.2 Å². The van der Waals surface area contributed by atoms with Crippen molar-refractivity contribution in [1.29, 1.82) is 0 Å². The highest BCUT2D eigenvalue weighted by molar-refractivity contribution is 7.89. The average molecular weight is 312 g/mol. The predicted octanol–water partition coefficient (Wildman–Crippen LogP) is 2.65. The third kappa shape index (κ3) is 5.41. The molecule has 0 aliphatic rings. The molecule has 0 atom stereocenters. The van der Waals surface area contributed by atoms with E-state index in [0.717, 1.165) is 37.9 Å². The molecule has 1 rings (SSSR count). The zero-order valence-corrected chi connectivity index (χ0v) is 14.2. The Bertz CT molecular complexity index is 498. The molecule has 0 bridgehead atoms. The highest BCUT2D eigenvalue weighted by Crippen LogP contribution is 2.16. The largest absolute Gasteiger partial charge is 0.316 e. The van der Waals surface area contributed by atoms with E-state index >= 15 is 0 Å². The summed E-state index contributed by atoms with van der Waals surface area (Å²) in [6, 6.07) is 7.28. The van der Waals surface area contributed by atoms with Crippen LogP contribution in [-0.4, -0.2) is 38.9 Å². The first-order valence-electron chi connectivity index (χ1n) is 7.86. The van der Waals surface area contributed by atoms with Gasteiger partial charge in [-0.1, -0.05) is 32.9 Å². The van der Waals surface area contributed by atoms with E-state index in [1.807, 2.05) is 26.0 Å². The van der Waals surface area contributed by atoms with E-state index in [-0.39, 0.29) is 0 Å². The lowest BCUT2D eigenvalue weighted by atomic mass is 10.1. The van der Waals surface area contributed by atoms with Crippen LogP contribution >= 0.6 is 0 Å². The number of nitrogens with one attached hydrogen (secondary N) is 1. The normalized spacial score (nSPS) is 12.0. The molecule has 120 valence electrons.